The minimum Gasteiger partial charge on any atom is -0.368 e. The largest absolute Gasteiger partial charge is 0.368 e. The Labute approximate surface area is 156 Å². The molecule has 1 aromatic carbocycles. The highest BCUT2D eigenvalue weighted by Gasteiger charge is 2.45. The molecule has 0 radical (unpaired) electrons. The molecule has 0 aliphatic carbocycles. The quantitative estimate of drug-likeness (QED) is 0.712. The molecule has 7 nitrogen and oxygen atoms in total. The van der Waals surface area contributed by atoms with E-state index >= 15 is 0 Å². The second kappa shape index (κ2) is 8.47. The predicted octanol–water partition coefficient (Wildman–Crippen LogP) is 1.32. The number of nitrogens with zero attached hydrogens (tertiary/aromatic N) is 3. The lowest BCUT2D eigenvalue weighted by molar-refractivity contribution is -0.158. The number of benzene rings is 1. The number of ether oxygens (including phenoxy) is 1. The van der Waals surface area contributed by atoms with Gasteiger partial charge in [-0.1, -0.05) is 30.3 Å². The molecular formula is C18H29N3O4S. The van der Waals surface area contributed by atoms with Gasteiger partial charge in [0.25, 0.3) is 16.1 Å². The van der Waals surface area contributed by atoms with Gasteiger partial charge >= 0.3 is 0 Å². The third-order valence-corrected chi connectivity index (χ3v) is 7.03. The molecule has 0 spiro atoms. The molecule has 1 saturated heterocycles. The molecule has 1 amide bonds. The fourth-order valence-corrected chi connectivity index (χ4v) is 4.54. The maximum Gasteiger partial charge on any atom is 0.282 e. The molecule has 0 saturated carbocycles. The number of hydrogen-bond acceptors (Lipinski definition) is 4. The van der Waals surface area contributed by atoms with Gasteiger partial charge in [0.1, 0.15) is 5.60 Å². The van der Waals surface area contributed by atoms with Crippen LogP contribution in [-0.4, -0.2) is 74.3 Å². The lowest BCUT2D eigenvalue weighted by atomic mass is 9.90. The summed E-state index contributed by atoms with van der Waals surface area (Å²) < 4.78 is 34.1. The van der Waals surface area contributed by atoms with Crippen LogP contribution < -0.4 is 0 Å². The number of methoxy groups -OCH3 is 1. The molecular weight excluding hydrogens is 354 g/mol. The monoisotopic (exact) mass is 383 g/mol. The van der Waals surface area contributed by atoms with Crippen molar-refractivity contribution in [2.24, 2.45) is 0 Å². The van der Waals surface area contributed by atoms with E-state index in [0.29, 0.717) is 25.9 Å². The van der Waals surface area contributed by atoms with Gasteiger partial charge in [-0.15, -0.1) is 0 Å². The SMILES string of the molecule is CCN(C)C(=O)C1(OC)CCN(S(=O)(=O)N(C)Cc2ccccc2)CC1. The average molecular weight is 384 g/mol. The topological polar surface area (TPSA) is 70.2 Å². The normalized spacial score (nSPS) is 18.0. The van der Waals surface area contributed by atoms with Crippen LogP contribution in [0.2, 0.25) is 0 Å². The third kappa shape index (κ3) is 4.25. The number of carbonyl (C=O) groups is 1. The Bertz CT molecular complexity index is 700. The van der Waals surface area contributed by atoms with E-state index < -0.39 is 15.8 Å². The molecule has 0 unspecified atom stereocenters. The van der Waals surface area contributed by atoms with Gasteiger partial charge in [0, 0.05) is 47.4 Å². The fourth-order valence-electron chi connectivity index (χ4n) is 3.19. The Morgan fingerprint density at radius 3 is 2.27 bits per heavy atom. The van der Waals surface area contributed by atoms with Gasteiger partial charge < -0.3 is 9.64 Å². The van der Waals surface area contributed by atoms with Crippen LogP contribution in [0, 0.1) is 0 Å². The Morgan fingerprint density at radius 1 is 1.19 bits per heavy atom. The van der Waals surface area contributed by atoms with Crippen LogP contribution in [0.15, 0.2) is 30.3 Å². The molecule has 1 aromatic rings. The number of piperidine rings is 1. The van der Waals surface area contributed by atoms with E-state index in [0.717, 1.165) is 5.56 Å². The summed E-state index contributed by atoms with van der Waals surface area (Å²) in [5.41, 5.74) is -0.00372. The lowest BCUT2D eigenvalue weighted by Crippen LogP contribution is -2.57. The van der Waals surface area contributed by atoms with Gasteiger partial charge in [-0.2, -0.15) is 17.0 Å². The smallest absolute Gasteiger partial charge is 0.282 e. The summed E-state index contributed by atoms with van der Waals surface area (Å²) in [6, 6.07) is 9.48. The van der Waals surface area contributed by atoms with Gasteiger partial charge in [-0.3, -0.25) is 4.79 Å². The Balaban J connectivity index is 2.06. The summed E-state index contributed by atoms with van der Waals surface area (Å²) in [5.74, 6) is -0.0859. The van der Waals surface area contributed by atoms with E-state index in [1.807, 2.05) is 37.3 Å². The maximum absolute atomic E-state index is 12.9. The van der Waals surface area contributed by atoms with Crippen molar-refractivity contribution in [3.63, 3.8) is 0 Å². The molecule has 1 heterocycles. The van der Waals surface area contributed by atoms with Gasteiger partial charge in [-0.05, 0) is 25.3 Å². The summed E-state index contributed by atoms with van der Waals surface area (Å²) in [7, 11) is 1.25. The van der Waals surface area contributed by atoms with E-state index in [2.05, 4.69) is 0 Å². The Morgan fingerprint density at radius 2 is 1.77 bits per heavy atom. The highest BCUT2D eigenvalue weighted by atomic mass is 32.2. The predicted molar refractivity (Wildman–Crippen MR) is 101 cm³/mol. The van der Waals surface area contributed by atoms with Crippen LogP contribution >= 0.6 is 0 Å². The first-order valence-electron chi connectivity index (χ1n) is 8.83. The Kier molecular flexibility index (Phi) is 6.79. The fraction of sp³-hybridized carbons (Fsp3) is 0.611. The molecule has 1 fully saturated rings. The zero-order valence-electron chi connectivity index (χ0n) is 16.0. The average Bonchev–Trinajstić information content (AvgIpc) is 2.67. The lowest BCUT2D eigenvalue weighted by Gasteiger charge is -2.41. The molecule has 8 heteroatoms. The summed E-state index contributed by atoms with van der Waals surface area (Å²) in [6.07, 6.45) is 0.705. The zero-order chi connectivity index (χ0) is 19.4. The van der Waals surface area contributed by atoms with Crippen molar-refractivity contribution in [3.8, 4) is 0 Å². The highest BCUT2D eigenvalue weighted by molar-refractivity contribution is 7.86. The molecule has 0 N–H and O–H groups in total. The van der Waals surface area contributed by atoms with Crippen molar-refractivity contribution in [3.05, 3.63) is 35.9 Å². The first kappa shape index (κ1) is 20.8. The molecule has 146 valence electrons. The number of carbonyl (C=O) groups excluding carboxylic acids is 1. The summed E-state index contributed by atoms with van der Waals surface area (Å²) in [5, 5.41) is 0. The van der Waals surface area contributed by atoms with Gasteiger partial charge in [0.15, 0.2) is 0 Å². The van der Waals surface area contributed by atoms with Crippen molar-refractivity contribution >= 4 is 16.1 Å². The van der Waals surface area contributed by atoms with Crippen molar-refractivity contribution < 1.29 is 17.9 Å². The Hall–Kier alpha value is -1.48. The van der Waals surface area contributed by atoms with Crippen LogP contribution in [0.25, 0.3) is 0 Å². The molecule has 0 atom stereocenters. The second-order valence-corrected chi connectivity index (χ2v) is 8.70. The van der Waals surface area contributed by atoms with Crippen LogP contribution in [0.5, 0.6) is 0 Å². The van der Waals surface area contributed by atoms with Gasteiger partial charge in [0.2, 0.25) is 0 Å². The van der Waals surface area contributed by atoms with Crippen LogP contribution in [-0.2, 0) is 26.3 Å². The van der Waals surface area contributed by atoms with Crippen molar-refractivity contribution in [2.75, 3.05) is 40.8 Å². The minimum atomic E-state index is -3.58. The van der Waals surface area contributed by atoms with E-state index in [-0.39, 0.29) is 19.0 Å². The highest BCUT2D eigenvalue weighted by Crippen LogP contribution is 2.30. The van der Waals surface area contributed by atoms with Crippen LogP contribution in [0.4, 0.5) is 0 Å². The summed E-state index contributed by atoms with van der Waals surface area (Å²) in [4.78, 5) is 14.3. The molecule has 2 rings (SSSR count). The van der Waals surface area contributed by atoms with E-state index in [1.54, 1.807) is 19.0 Å². The molecule has 1 aliphatic heterocycles. The summed E-state index contributed by atoms with van der Waals surface area (Å²) >= 11 is 0. The van der Waals surface area contributed by atoms with E-state index in [4.69, 9.17) is 4.74 Å². The van der Waals surface area contributed by atoms with Crippen molar-refractivity contribution in [2.45, 2.75) is 31.9 Å². The van der Waals surface area contributed by atoms with Crippen molar-refractivity contribution in [1.29, 1.82) is 0 Å². The van der Waals surface area contributed by atoms with Crippen LogP contribution in [0.3, 0.4) is 0 Å². The minimum absolute atomic E-state index is 0.0859. The van der Waals surface area contributed by atoms with E-state index in [1.165, 1.54) is 15.7 Å². The number of likely N-dealkylation sites (N-methyl/N-ethyl adjacent to an activating group) is 1. The molecule has 26 heavy (non-hydrogen) atoms. The molecule has 0 bridgehead atoms. The molecule has 0 aromatic heterocycles. The first-order chi connectivity index (χ1) is 12.3. The third-order valence-electron chi connectivity index (χ3n) is 5.10. The van der Waals surface area contributed by atoms with Crippen molar-refractivity contribution in [1.82, 2.24) is 13.5 Å². The number of hydrogen-bond donors (Lipinski definition) is 0. The van der Waals surface area contributed by atoms with Crippen LogP contribution in [0.1, 0.15) is 25.3 Å². The standard InChI is InChI=1S/C18H29N3O4S/c1-5-19(2)17(22)18(25-4)11-13-21(14-12-18)26(23,24)20(3)15-16-9-7-6-8-10-16/h6-10H,5,11-15H2,1-4H3. The van der Waals surface area contributed by atoms with E-state index in [9.17, 15) is 13.2 Å². The summed E-state index contributed by atoms with van der Waals surface area (Å²) in [6.45, 7) is 3.33. The van der Waals surface area contributed by atoms with Gasteiger partial charge in [-0.25, -0.2) is 0 Å². The number of amides is 1. The first-order valence-corrected chi connectivity index (χ1v) is 10.2. The van der Waals surface area contributed by atoms with Gasteiger partial charge in [0.05, 0.1) is 0 Å². The molecule has 1 aliphatic rings. The zero-order valence-corrected chi connectivity index (χ0v) is 16.8. The second-order valence-electron chi connectivity index (χ2n) is 6.67. The number of rotatable bonds is 7. The maximum atomic E-state index is 12.9.